The lowest BCUT2D eigenvalue weighted by Crippen LogP contribution is -2.22. The first-order valence-electron chi connectivity index (χ1n) is 5.01. The molecule has 0 saturated carbocycles. The Bertz CT molecular complexity index is 532. The van der Waals surface area contributed by atoms with E-state index >= 15 is 0 Å². The maximum absolute atomic E-state index is 12.7. The van der Waals surface area contributed by atoms with E-state index in [1.54, 1.807) is 0 Å². The number of alkyl halides is 6. The molecule has 20 heavy (non-hydrogen) atoms. The summed E-state index contributed by atoms with van der Waals surface area (Å²) < 4.78 is 78.0. The number of rotatable bonds is 3. The van der Waals surface area contributed by atoms with Crippen LogP contribution in [0.3, 0.4) is 0 Å². The van der Waals surface area contributed by atoms with Crippen LogP contribution in [-0.4, -0.2) is 11.3 Å². The quantitative estimate of drug-likeness (QED) is 0.870. The van der Waals surface area contributed by atoms with Gasteiger partial charge in [-0.15, -0.1) is 13.2 Å². The van der Waals surface area contributed by atoms with E-state index in [2.05, 4.69) is 9.72 Å². The Morgan fingerprint density at radius 2 is 1.80 bits per heavy atom. The average Bonchev–Trinajstić information content (AvgIpc) is 2.26. The molecule has 0 radical (unpaired) electrons. The molecule has 0 aliphatic heterocycles. The molecule has 0 atom stereocenters. The molecular weight excluding hydrogens is 292 g/mol. The Kier molecular flexibility index (Phi) is 4.44. The largest absolute Gasteiger partial charge is 0.574 e. The molecule has 1 rings (SSSR count). The fourth-order valence-corrected chi connectivity index (χ4v) is 1.50. The zero-order valence-corrected chi connectivity index (χ0v) is 9.64. The summed E-state index contributed by atoms with van der Waals surface area (Å²) >= 11 is 0. The highest BCUT2D eigenvalue weighted by Gasteiger charge is 2.38. The minimum atomic E-state index is -5.12. The van der Waals surface area contributed by atoms with Crippen LogP contribution in [0.15, 0.2) is 6.20 Å². The summed E-state index contributed by atoms with van der Waals surface area (Å²) in [5, 5.41) is 8.51. The van der Waals surface area contributed by atoms with E-state index in [0.29, 0.717) is 0 Å². The molecule has 0 fully saturated rings. The topological polar surface area (TPSA) is 71.9 Å². The molecule has 2 N–H and O–H groups in total. The second-order valence-corrected chi connectivity index (χ2v) is 3.52. The van der Waals surface area contributed by atoms with Gasteiger partial charge in [0.05, 0.1) is 18.1 Å². The van der Waals surface area contributed by atoms with Gasteiger partial charge >= 0.3 is 12.5 Å². The van der Waals surface area contributed by atoms with Gasteiger partial charge in [0.2, 0.25) is 5.88 Å². The van der Waals surface area contributed by atoms with E-state index < -0.39 is 48.1 Å². The van der Waals surface area contributed by atoms with E-state index in [1.165, 1.54) is 6.07 Å². The van der Waals surface area contributed by atoms with Crippen LogP contribution in [0.2, 0.25) is 0 Å². The molecule has 0 aliphatic carbocycles. The first-order chi connectivity index (χ1) is 9.10. The lowest BCUT2D eigenvalue weighted by molar-refractivity contribution is -0.276. The van der Waals surface area contributed by atoms with Crippen molar-refractivity contribution in [3.63, 3.8) is 0 Å². The van der Waals surface area contributed by atoms with Gasteiger partial charge < -0.3 is 10.5 Å². The zero-order valence-electron chi connectivity index (χ0n) is 9.64. The van der Waals surface area contributed by atoms with Gasteiger partial charge in [0.1, 0.15) is 0 Å². The van der Waals surface area contributed by atoms with Crippen molar-refractivity contribution in [3.05, 3.63) is 22.9 Å². The maximum atomic E-state index is 12.7. The van der Waals surface area contributed by atoms with E-state index in [9.17, 15) is 26.3 Å². The molecule has 0 aromatic carbocycles. The van der Waals surface area contributed by atoms with Crippen molar-refractivity contribution in [1.82, 2.24) is 4.98 Å². The molecule has 10 heteroatoms. The molecule has 0 aliphatic rings. The van der Waals surface area contributed by atoms with Gasteiger partial charge in [0.25, 0.3) is 0 Å². The second-order valence-electron chi connectivity index (χ2n) is 3.52. The van der Waals surface area contributed by atoms with Crippen molar-refractivity contribution in [3.8, 4) is 11.9 Å². The SMILES string of the molecule is N#CCc1c(C(F)(F)F)cnc(OC(F)(F)F)c1CN. The summed E-state index contributed by atoms with van der Waals surface area (Å²) in [5.41, 5.74) is 2.57. The van der Waals surface area contributed by atoms with E-state index in [0.717, 1.165) is 0 Å². The Hall–Kier alpha value is -2.02. The molecule has 0 unspecified atom stereocenters. The van der Waals surface area contributed by atoms with Crippen molar-refractivity contribution in [1.29, 1.82) is 5.26 Å². The van der Waals surface area contributed by atoms with Crippen molar-refractivity contribution in [2.45, 2.75) is 25.5 Å². The molecule has 0 bridgehead atoms. The molecular formula is C10H7F6N3O. The van der Waals surface area contributed by atoms with Crippen LogP contribution in [0.25, 0.3) is 0 Å². The third-order valence-electron chi connectivity index (χ3n) is 2.24. The lowest BCUT2D eigenvalue weighted by Gasteiger charge is -2.17. The van der Waals surface area contributed by atoms with E-state index in [1.807, 2.05) is 0 Å². The fraction of sp³-hybridized carbons (Fsp3) is 0.400. The van der Waals surface area contributed by atoms with Crippen LogP contribution in [0.4, 0.5) is 26.3 Å². The summed E-state index contributed by atoms with van der Waals surface area (Å²) in [6, 6.07) is 1.44. The molecule has 110 valence electrons. The highest BCUT2D eigenvalue weighted by Crippen LogP contribution is 2.36. The average molecular weight is 299 g/mol. The number of halogens is 6. The van der Waals surface area contributed by atoms with E-state index in [-0.39, 0.29) is 6.20 Å². The molecule has 0 amide bonds. The number of nitriles is 1. The van der Waals surface area contributed by atoms with Crippen LogP contribution < -0.4 is 10.5 Å². The molecule has 0 spiro atoms. The number of nitrogens with two attached hydrogens (primary N) is 1. The van der Waals surface area contributed by atoms with Crippen LogP contribution in [0, 0.1) is 11.3 Å². The summed E-state index contributed by atoms with van der Waals surface area (Å²) in [5.74, 6) is -1.08. The first-order valence-corrected chi connectivity index (χ1v) is 5.01. The predicted octanol–water partition coefficient (Wildman–Crippen LogP) is 2.52. The summed E-state index contributed by atoms with van der Waals surface area (Å²) in [4.78, 5) is 2.99. The standard InChI is InChI=1S/C10H7F6N3O/c11-9(12,13)7-4-19-8(20-10(14,15)16)6(3-18)5(7)1-2-17/h4H,1,3,18H2. The summed E-state index contributed by atoms with van der Waals surface area (Å²) in [7, 11) is 0. The van der Waals surface area contributed by atoms with Gasteiger partial charge in [-0.2, -0.15) is 18.4 Å². The van der Waals surface area contributed by atoms with Crippen LogP contribution in [-0.2, 0) is 19.1 Å². The summed E-state index contributed by atoms with van der Waals surface area (Å²) in [6.45, 7) is -0.681. The molecule has 4 nitrogen and oxygen atoms in total. The highest BCUT2D eigenvalue weighted by atomic mass is 19.4. The predicted molar refractivity (Wildman–Crippen MR) is 53.1 cm³/mol. The number of pyridine rings is 1. The van der Waals surface area contributed by atoms with Crippen molar-refractivity contribution in [2.24, 2.45) is 5.73 Å². The smallest absolute Gasteiger partial charge is 0.388 e. The van der Waals surface area contributed by atoms with Gasteiger partial charge in [0, 0.05) is 18.3 Å². The maximum Gasteiger partial charge on any atom is 0.574 e. The third-order valence-corrected chi connectivity index (χ3v) is 2.24. The van der Waals surface area contributed by atoms with Crippen LogP contribution >= 0.6 is 0 Å². The number of nitrogens with zero attached hydrogens (tertiary/aromatic N) is 2. The first kappa shape index (κ1) is 16.0. The number of ether oxygens (including phenoxy) is 1. The number of aromatic nitrogens is 1. The van der Waals surface area contributed by atoms with Crippen LogP contribution in [0.1, 0.15) is 16.7 Å². The normalized spacial score (nSPS) is 12.1. The Labute approximate surface area is 108 Å². The fourth-order valence-electron chi connectivity index (χ4n) is 1.50. The van der Waals surface area contributed by atoms with Crippen LogP contribution in [0.5, 0.6) is 5.88 Å². The highest BCUT2D eigenvalue weighted by molar-refractivity contribution is 5.43. The summed E-state index contributed by atoms with van der Waals surface area (Å²) in [6.07, 6.45) is -10.6. The van der Waals surface area contributed by atoms with Crippen molar-refractivity contribution < 1.29 is 31.1 Å². The van der Waals surface area contributed by atoms with E-state index in [4.69, 9.17) is 11.0 Å². The Morgan fingerprint density at radius 3 is 2.20 bits per heavy atom. The van der Waals surface area contributed by atoms with Gasteiger partial charge in [0.15, 0.2) is 0 Å². The monoisotopic (exact) mass is 299 g/mol. The third kappa shape index (κ3) is 3.74. The van der Waals surface area contributed by atoms with Gasteiger partial charge in [-0.1, -0.05) is 0 Å². The van der Waals surface area contributed by atoms with Gasteiger partial charge in [-0.25, -0.2) is 4.98 Å². The minimum Gasteiger partial charge on any atom is -0.388 e. The molecule has 1 aromatic rings. The second kappa shape index (κ2) is 5.54. The minimum absolute atomic E-state index is 0.187. The molecule has 0 saturated heterocycles. The molecule has 1 heterocycles. The van der Waals surface area contributed by atoms with Gasteiger partial charge in [-0.05, 0) is 5.56 Å². The zero-order chi connectivity index (χ0) is 15.6. The number of hydrogen-bond donors (Lipinski definition) is 1. The van der Waals surface area contributed by atoms with Crippen molar-refractivity contribution in [2.75, 3.05) is 0 Å². The van der Waals surface area contributed by atoms with Crippen molar-refractivity contribution >= 4 is 0 Å². The Balaban J connectivity index is 3.46. The Morgan fingerprint density at radius 1 is 1.20 bits per heavy atom. The number of hydrogen-bond acceptors (Lipinski definition) is 4. The van der Waals surface area contributed by atoms with Gasteiger partial charge in [-0.3, -0.25) is 0 Å². The lowest BCUT2D eigenvalue weighted by atomic mass is 10.0. The molecule has 1 aromatic heterocycles.